The zero-order valence-electron chi connectivity index (χ0n) is 12.0. The van der Waals surface area contributed by atoms with Crippen molar-refractivity contribution in [3.63, 3.8) is 0 Å². The Morgan fingerprint density at radius 1 is 1.20 bits per heavy atom. The maximum Gasteiger partial charge on any atom is 0.146 e. The highest BCUT2D eigenvalue weighted by Gasteiger charge is 2.25. The van der Waals surface area contributed by atoms with Gasteiger partial charge in [-0.05, 0) is 39.2 Å². The maximum atomic E-state index is 12.0. The van der Waals surface area contributed by atoms with Gasteiger partial charge in [0, 0.05) is 16.7 Å². The quantitative estimate of drug-likeness (QED) is 0.779. The van der Waals surface area contributed by atoms with E-state index in [1.807, 2.05) is 6.92 Å². The van der Waals surface area contributed by atoms with Gasteiger partial charge in [-0.25, -0.2) is 9.97 Å². The Kier molecular flexibility index (Phi) is 3.82. The van der Waals surface area contributed by atoms with Crippen molar-refractivity contribution in [2.75, 3.05) is 0 Å². The van der Waals surface area contributed by atoms with E-state index >= 15 is 0 Å². The number of fused-ring (bicyclic) bond motifs is 1. The first-order valence-electron chi connectivity index (χ1n) is 7.00. The summed E-state index contributed by atoms with van der Waals surface area (Å²) in [7, 11) is 0. The summed E-state index contributed by atoms with van der Waals surface area (Å²) in [6, 6.07) is 0. The Bertz CT molecular complexity index is 678. The van der Waals surface area contributed by atoms with Gasteiger partial charge in [0.15, 0.2) is 0 Å². The zero-order valence-corrected chi connectivity index (χ0v) is 13.7. The molecule has 0 aromatic carbocycles. The third-order valence-corrected chi connectivity index (χ3v) is 6.26. The summed E-state index contributed by atoms with van der Waals surface area (Å²) in [6.45, 7) is 6.17. The fourth-order valence-corrected chi connectivity index (χ4v) is 5.11. The van der Waals surface area contributed by atoms with Crippen molar-refractivity contribution in [2.24, 2.45) is 0 Å². The van der Waals surface area contributed by atoms with E-state index in [4.69, 9.17) is 0 Å². The topological polar surface area (TPSA) is 42.9 Å². The Morgan fingerprint density at radius 3 is 2.75 bits per heavy atom. The minimum Gasteiger partial charge on any atom is -0.298 e. The van der Waals surface area contributed by atoms with Gasteiger partial charge in [-0.1, -0.05) is 18.2 Å². The molecule has 106 valence electrons. The molecule has 0 aliphatic heterocycles. The zero-order chi connectivity index (χ0) is 14.3. The second-order valence-electron chi connectivity index (χ2n) is 5.36. The van der Waals surface area contributed by atoms with E-state index in [1.165, 1.54) is 10.4 Å². The predicted octanol–water partition coefficient (Wildman–Crippen LogP) is 4.22. The van der Waals surface area contributed by atoms with Crippen molar-refractivity contribution in [3.05, 3.63) is 16.3 Å². The molecule has 0 bridgehead atoms. The number of ketones is 1. The van der Waals surface area contributed by atoms with Crippen molar-refractivity contribution >= 4 is 39.1 Å². The lowest BCUT2D eigenvalue weighted by Crippen LogP contribution is -2.21. The molecule has 2 aromatic heterocycles. The highest BCUT2D eigenvalue weighted by Crippen LogP contribution is 2.38. The molecule has 0 amide bonds. The summed E-state index contributed by atoms with van der Waals surface area (Å²) in [6.07, 6.45) is 3.91. The Labute approximate surface area is 127 Å². The van der Waals surface area contributed by atoms with Crippen molar-refractivity contribution in [3.8, 4) is 0 Å². The van der Waals surface area contributed by atoms with Gasteiger partial charge < -0.3 is 0 Å². The van der Waals surface area contributed by atoms with Crippen LogP contribution in [0, 0.1) is 20.8 Å². The number of hydrogen-bond acceptors (Lipinski definition) is 5. The molecule has 1 aliphatic rings. The smallest absolute Gasteiger partial charge is 0.146 e. The summed E-state index contributed by atoms with van der Waals surface area (Å²) >= 11 is 3.37. The molecule has 0 saturated heterocycles. The molecular formula is C15H18N2OS2. The normalized spacial score (nSPS) is 19.8. The number of nitrogens with zero attached hydrogens (tertiary/aromatic N) is 2. The number of aryl methyl sites for hydroxylation is 3. The lowest BCUT2D eigenvalue weighted by Gasteiger charge is -2.19. The summed E-state index contributed by atoms with van der Waals surface area (Å²) in [4.78, 5) is 23.5. The number of thioether (sulfide) groups is 1. The first-order valence-corrected chi connectivity index (χ1v) is 8.69. The standard InChI is InChI=1S/C15H18N2OS2/c1-8-9(2)19-14-13(8)15(17-10(3)16-14)20-12-7-5-4-6-11(12)18/h12H,4-7H2,1-3H3/t12-/m1/s1. The van der Waals surface area contributed by atoms with Crippen molar-refractivity contribution < 1.29 is 4.79 Å². The fourth-order valence-electron chi connectivity index (χ4n) is 2.61. The van der Waals surface area contributed by atoms with Gasteiger partial charge in [-0.3, -0.25) is 4.79 Å². The van der Waals surface area contributed by atoms with Gasteiger partial charge in [-0.2, -0.15) is 0 Å². The molecular weight excluding hydrogens is 288 g/mol. The van der Waals surface area contributed by atoms with Crippen LogP contribution in [0.25, 0.3) is 10.2 Å². The summed E-state index contributed by atoms with van der Waals surface area (Å²) in [5, 5.41) is 2.23. The number of carbonyl (C=O) groups is 1. The molecule has 0 spiro atoms. The number of thiophene rings is 1. The molecule has 5 heteroatoms. The highest BCUT2D eigenvalue weighted by molar-refractivity contribution is 8.00. The summed E-state index contributed by atoms with van der Waals surface area (Å²) in [5.74, 6) is 1.18. The molecule has 0 N–H and O–H groups in total. The second kappa shape index (κ2) is 5.45. The van der Waals surface area contributed by atoms with E-state index in [0.29, 0.717) is 5.78 Å². The molecule has 1 saturated carbocycles. The highest BCUT2D eigenvalue weighted by atomic mass is 32.2. The van der Waals surface area contributed by atoms with E-state index in [0.717, 1.165) is 46.8 Å². The van der Waals surface area contributed by atoms with Gasteiger partial charge in [0.2, 0.25) is 0 Å². The van der Waals surface area contributed by atoms with E-state index in [-0.39, 0.29) is 5.25 Å². The third-order valence-electron chi connectivity index (χ3n) is 3.86. The average molecular weight is 306 g/mol. The minimum absolute atomic E-state index is 0.0841. The van der Waals surface area contributed by atoms with Crippen LogP contribution in [0.15, 0.2) is 5.03 Å². The SMILES string of the molecule is Cc1nc(S[C@@H]2CCCCC2=O)c2c(C)c(C)sc2n1. The average Bonchev–Trinajstić information content (AvgIpc) is 2.67. The first-order chi connectivity index (χ1) is 9.56. The molecule has 2 aromatic rings. The molecule has 0 unspecified atom stereocenters. The minimum atomic E-state index is 0.0841. The molecule has 3 nitrogen and oxygen atoms in total. The van der Waals surface area contributed by atoms with E-state index in [1.54, 1.807) is 23.1 Å². The summed E-state index contributed by atoms with van der Waals surface area (Å²) < 4.78 is 0. The first kappa shape index (κ1) is 14.0. The number of rotatable bonds is 2. The molecule has 1 aliphatic carbocycles. The Hall–Kier alpha value is -0.940. The van der Waals surface area contributed by atoms with Crippen LogP contribution in [0.3, 0.4) is 0 Å². The predicted molar refractivity (Wildman–Crippen MR) is 84.7 cm³/mol. The van der Waals surface area contributed by atoms with Crippen LogP contribution in [0.1, 0.15) is 41.9 Å². The van der Waals surface area contributed by atoms with Crippen LogP contribution < -0.4 is 0 Å². The molecule has 3 rings (SSSR count). The maximum absolute atomic E-state index is 12.0. The lowest BCUT2D eigenvalue weighted by atomic mass is 9.99. The molecule has 1 fully saturated rings. The molecule has 0 radical (unpaired) electrons. The van der Waals surface area contributed by atoms with Gasteiger partial charge in [0.25, 0.3) is 0 Å². The van der Waals surface area contributed by atoms with Crippen LogP contribution in [0.5, 0.6) is 0 Å². The molecule has 1 atom stereocenters. The van der Waals surface area contributed by atoms with Crippen molar-refractivity contribution in [1.29, 1.82) is 0 Å². The van der Waals surface area contributed by atoms with Crippen LogP contribution in [-0.2, 0) is 4.79 Å². The Morgan fingerprint density at radius 2 is 2.00 bits per heavy atom. The van der Waals surface area contributed by atoms with Crippen LogP contribution >= 0.6 is 23.1 Å². The summed E-state index contributed by atoms with van der Waals surface area (Å²) in [5.41, 5.74) is 1.26. The number of carbonyl (C=O) groups excluding carboxylic acids is 1. The van der Waals surface area contributed by atoms with E-state index in [9.17, 15) is 4.79 Å². The van der Waals surface area contributed by atoms with Gasteiger partial charge in [0.05, 0.1) is 5.25 Å². The van der Waals surface area contributed by atoms with Gasteiger partial charge in [-0.15, -0.1) is 11.3 Å². The second-order valence-corrected chi connectivity index (χ2v) is 7.75. The molecule has 2 heterocycles. The largest absolute Gasteiger partial charge is 0.298 e. The van der Waals surface area contributed by atoms with Crippen molar-refractivity contribution in [2.45, 2.75) is 56.7 Å². The van der Waals surface area contributed by atoms with Gasteiger partial charge in [0.1, 0.15) is 21.5 Å². The van der Waals surface area contributed by atoms with Gasteiger partial charge >= 0.3 is 0 Å². The fraction of sp³-hybridized carbons (Fsp3) is 0.533. The lowest BCUT2D eigenvalue weighted by molar-refractivity contribution is -0.119. The van der Waals surface area contributed by atoms with Crippen LogP contribution in [0.4, 0.5) is 0 Å². The number of hydrogen-bond donors (Lipinski definition) is 0. The van der Waals surface area contributed by atoms with Crippen LogP contribution in [-0.4, -0.2) is 21.0 Å². The number of Topliss-reactive ketones (excluding diaryl/α,β-unsaturated/α-hetero) is 1. The van der Waals surface area contributed by atoms with Crippen molar-refractivity contribution in [1.82, 2.24) is 9.97 Å². The Balaban J connectivity index is 2.03. The monoisotopic (exact) mass is 306 g/mol. The van der Waals surface area contributed by atoms with Crippen LogP contribution in [0.2, 0.25) is 0 Å². The molecule has 20 heavy (non-hydrogen) atoms. The van der Waals surface area contributed by atoms with E-state index < -0.39 is 0 Å². The third kappa shape index (κ3) is 2.49. The van der Waals surface area contributed by atoms with E-state index in [2.05, 4.69) is 23.8 Å². The number of aromatic nitrogens is 2.